The first kappa shape index (κ1) is 16.8. The van der Waals surface area contributed by atoms with Crippen LogP contribution in [0.3, 0.4) is 0 Å². The van der Waals surface area contributed by atoms with Crippen molar-refractivity contribution in [3.8, 4) is 0 Å². The second-order valence-electron chi connectivity index (χ2n) is 5.57. The standard InChI is InChI=1S/C14H17BrClNO3S/c1-8(5-10-3-4-10)17-14(18)12-6-11(21(16,19)20)7-13(15)9(12)2/h6-8,10H,3-5H2,1-2H3,(H,17,18). The van der Waals surface area contributed by atoms with Crippen LogP contribution in [0, 0.1) is 12.8 Å². The van der Waals surface area contributed by atoms with Gasteiger partial charge in [0.25, 0.3) is 15.0 Å². The van der Waals surface area contributed by atoms with Crippen molar-refractivity contribution in [2.75, 3.05) is 0 Å². The van der Waals surface area contributed by atoms with Gasteiger partial charge in [0, 0.05) is 26.8 Å². The number of nitrogens with one attached hydrogen (secondary N) is 1. The Bertz CT molecular complexity index is 671. The van der Waals surface area contributed by atoms with Crippen molar-refractivity contribution in [1.82, 2.24) is 5.32 Å². The summed E-state index contributed by atoms with van der Waals surface area (Å²) in [4.78, 5) is 12.3. The molecule has 1 aliphatic carbocycles. The number of halogens is 2. The SMILES string of the molecule is Cc1c(Br)cc(S(=O)(=O)Cl)cc1C(=O)NC(C)CC1CC1. The molecule has 0 saturated heterocycles. The molecule has 0 aromatic heterocycles. The van der Waals surface area contributed by atoms with E-state index in [0.717, 1.165) is 6.42 Å². The van der Waals surface area contributed by atoms with Gasteiger partial charge in [0.1, 0.15) is 0 Å². The maximum atomic E-state index is 12.3. The maximum Gasteiger partial charge on any atom is 0.261 e. The predicted octanol–water partition coefficient (Wildman–Crippen LogP) is 3.60. The zero-order valence-electron chi connectivity index (χ0n) is 11.8. The number of benzene rings is 1. The number of carbonyl (C=O) groups excluding carboxylic acids is 1. The predicted molar refractivity (Wildman–Crippen MR) is 86.2 cm³/mol. The van der Waals surface area contributed by atoms with Crippen molar-refractivity contribution in [2.24, 2.45) is 5.92 Å². The molecule has 1 N–H and O–H groups in total. The summed E-state index contributed by atoms with van der Waals surface area (Å²) in [7, 11) is 1.49. The Morgan fingerprint density at radius 2 is 2.10 bits per heavy atom. The second-order valence-corrected chi connectivity index (χ2v) is 8.99. The summed E-state index contributed by atoms with van der Waals surface area (Å²) < 4.78 is 23.5. The van der Waals surface area contributed by atoms with Gasteiger partial charge in [0.15, 0.2) is 0 Å². The van der Waals surface area contributed by atoms with Crippen LogP contribution >= 0.6 is 26.6 Å². The summed E-state index contributed by atoms with van der Waals surface area (Å²) in [6.45, 7) is 3.72. The monoisotopic (exact) mass is 393 g/mol. The largest absolute Gasteiger partial charge is 0.350 e. The van der Waals surface area contributed by atoms with Gasteiger partial charge in [0.05, 0.1) is 4.90 Å². The zero-order valence-corrected chi connectivity index (χ0v) is 15.0. The minimum absolute atomic E-state index is 0.0689. The summed E-state index contributed by atoms with van der Waals surface area (Å²) in [5.41, 5.74) is 1.02. The van der Waals surface area contributed by atoms with Gasteiger partial charge in [-0.3, -0.25) is 4.79 Å². The van der Waals surface area contributed by atoms with Gasteiger partial charge in [-0.15, -0.1) is 0 Å². The molecule has 0 spiro atoms. The highest BCUT2D eigenvalue weighted by atomic mass is 79.9. The third kappa shape index (κ3) is 4.44. The molecule has 0 bridgehead atoms. The Balaban J connectivity index is 2.24. The van der Waals surface area contributed by atoms with Crippen molar-refractivity contribution in [3.63, 3.8) is 0 Å². The molecule has 1 atom stereocenters. The van der Waals surface area contributed by atoms with E-state index in [0.29, 0.717) is 21.5 Å². The average molecular weight is 395 g/mol. The second kappa shape index (κ2) is 6.26. The number of amides is 1. The lowest BCUT2D eigenvalue weighted by Gasteiger charge is -2.15. The van der Waals surface area contributed by atoms with E-state index < -0.39 is 9.05 Å². The molecule has 2 rings (SSSR count). The fraction of sp³-hybridized carbons (Fsp3) is 0.500. The van der Waals surface area contributed by atoms with Crippen molar-refractivity contribution in [1.29, 1.82) is 0 Å². The Morgan fingerprint density at radius 1 is 1.48 bits per heavy atom. The van der Waals surface area contributed by atoms with Crippen LogP contribution in [0.15, 0.2) is 21.5 Å². The van der Waals surface area contributed by atoms with Crippen LogP contribution in [-0.2, 0) is 9.05 Å². The van der Waals surface area contributed by atoms with Gasteiger partial charge in [-0.1, -0.05) is 28.8 Å². The Morgan fingerprint density at radius 3 is 2.62 bits per heavy atom. The molecule has 1 fully saturated rings. The van der Waals surface area contributed by atoms with Crippen LogP contribution in [0.25, 0.3) is 0 Å². The molecule has 1 aromatic rings. The maximum absolute atomic E-state index is 12.3. The highest BCUT2D eigenvalue weighted by Gasteiger charge is 2.25. The molecule has 1 aromatic carbocycles. The van der Waals surface area contributed by atoms with Gasteiger partial charge in [-0.25, -0.2) is 8.42 Å². The number of hydrogen-bond acceptors (Lipinski definition) is 3. The topological polar surface area (TPSA) is 63.2 Å². The molecular weight excluding hydrogens is 378 g/mol. The number of carbonyl (C=O) groups is 1. The smallest absolute Gasteiger partial charge is 0.261 e. The van der Waals surface area contributed by atoms with Crippen LogP contribution < -0.4 is 5.32 Å². The minimum atomic E-state index is -3.87. The van der Waals surface area contributed by atoms with Gasteiger partial charge in [-0.2, -0.15) is 0 Å². The van der Waals surface area contributed by atoms with Crippen LogP contribution in [0.4, 0.5) is 0 Å². The summed E-state index contributed by atoms with van der Waals surface area (Å²) >= 11 is 3.27. The van der Waals surface area contributed by atoms with Crippen LogP contribution in [0.2, 0.25) is 0 Å². The first-order valence-electron chi connectivity index (χ1n) is 6.74. The van der Waals surface area contributed by atoms with E-state index in [1.165, 1.54) is 25.0 Å². The lowest BCUT2D eigenvalue weighted by molar-refractivity contribution is 0.0936. The molecule has 0 heterocycles. The van der Waals surface area contributed by atoms with Gasteiger partial charge in [0.2, 0.25) is 0 Å². The van der Waals surface area contributed by atoms with Crippen molar-refractivity contribution in [2.45, 2.75) is 44.0 Å². The first-order chi connectivity index (χ1) is 9.68. The van der Waals surface area contributed by atoms with E-state index in [9.17, 15) is 13.2 Å². The molecule has 7 heteroatoms. The number of hydrogen-bond donors (Lipinski definition) is 1. The van der Waals surface area contributed by atoms with E-state index in [-0.39, 0.29) is 16.8 Å². The minimum Gasteiger partial charge on any atom is -0.350 e. The fourth-order valence-electron chi connectivity index (χ4n) is 2.24. The molecule has 1 unspecified atom stereocenters. The molecule has 0 radical (unpaired) electrons. The average Bonchev–Trinajstić information content (AvgIpc) is 3.14. The van der Waals surface area contributed by atoms with Crippen LogP contribution in [0.5, 0.6) is 0 Å². The van der Waals surface area contributed by atoms with E-state index in [2.05, 4.69) is 21.2 Å². The highest BCUT2D eigenvalue weighted by Crippen LogP contribution is 2.33. The number of rotatable bonds is 5. The summed E-state index contributed by atoms with van der Waals surface area (Å²) in [5.74, 6) is 0.436. The first-order valence-corrected chi connectivity index (χ1v) is 9.84. The van der Waals surface area contributed by atoms with Crippen molar-refractivity contribution >= 4 is 41.6 Å². The van der Waals surface area contributed by atoms with Crippen LogP contribution in [-0.4, -0.2) is 20.4 Å². The van der Waals surface area contributed by atoms with Gasteiger partial charge in [-0.05, 0) is 43.9 Å². The van der Waals surface area contributed by atoms with Gasteiger partial charge < -0.3 is 5.32 Å². The highest BCUT2D eigenvalue weighted by molar-refractivity contribution is 9.10. The van der Waals surface area contributed by atoms with Gasteiger partial charge >= 0.3 is 0 Å². The normalized spacial score (nSPS) is 16.6. The Kier molecular flexibility index (Phi) is 5.00. The molecule has 4 nitrogen and oxygen atoms in total. The molecule has 1 saturated carbocycles. The molecule has 0 aliphatic heterocycles. The molecule has 21 heavy (non-hydrogen) atoms. The quantitative estimate of drug-likeness (QED) is 0.776. The summed E-state index contributed by atoms with van der Waals surface area (Å²) in [6, 6.07) is 2.79. The molecule has 116 valence electrons. The lowest BCUT2D eigenvalue weighted by Crippen LogP contribution is -2.33. The van der Waals surface area contributed by atoms with E-state index >= 15 is 0 Å². The Hall–Kier alpha value is -0.590. The molecule has 1 aliphatic rings. The third-order valence-electron chi connectivity index (χ3n) is 3.61. The van der Waals surface area contributed by atoms with E-state index in [1.54, 1.807) is 6.92 Å². The zero-order chi connectivity index (χ0) is 15.8. The molecular formula is C14H17BrClNO3S. The van der Waals surface area contributed by atoms with Crippen molar-refractivity contribution < 1.29 is 13.2 Å². The van der Waals surface area contributed by atoms with E-state index in [1.807, 2.05) is 6.92 Å². The van der Waals surface area contributed by atoms with Crippen molar-refractivity contribution in [3.05, 3.63) is 27.7 Å². The van der Waals surface area contributed by atoms with Crippen LogP contribution in [0.1, 0.15) is 42.1 Å². The third-order valence-corrected chi connectivity index (χ3v) is 5.76. The summed E-state index contributed by atoms with van der Waals surface area (Å²) in [5, 5.41) is 2.92. The fourth-order valence-corrected chi connectivity index (χ4v) is 3.64. The Labute approximate surface area is 137 Å². The summed E-state index contributed by atoms with van der Waals surface area (Å²) in [6.07, 6.45) is 3.41. The lowest BCUT2D eigenvalue weighted by atomic mass is 10.1. The molecule has 1 amide bonds. The van der Waals surface area contributed by atoms with E-state index in [4.69, 9.17) is 10.7 Å².